The van der Waals surface area contributed by atoms with Gasteiger partial charge in [-0.3, -0.25) is 9.59 Å². The molecule has 1 aliphatic heterocycles. The first-order chi connectivity index (χ1) is 9.06. The predicted molar refractivity (Wildman–Crippen MR) is 71.4 cm³/mol. The fourth-order valence-electron chi connectivity index (χ4n) is 2.91. The van der Waals surface area contributed by atoms with Crippen molar-refractivity contribution in [1.82, 2.24) is 4.90 Å². The molecule has 1 fully saturated rings. The van der Waals surface area contributed by atoms with Crippen molar-refractivity contribution in [2.75, 3.05) is 13.1 Å². The van der Waals surface area contributed by atoms with Crippen molar-refractivity contribution in [2.45, 2.75) is 38.1 Å². The first-order valence-electron chi connectivity index (χ1n) is 7.00. The number of rotatable bonds is 4. The van der Waals surface area contributed by atoms with Gasteiger partial charge in [0.2, 0.25) is 5.91 Å². The summed E-state index contributed by atoms with van der Waals surface area (Å²) in [4.78, 5) is 24.7. The Bertz CT molecular complexity index is 373. The van der Waals surface area contributed by atoms with Crippen LogP contribution < -0.4 is 5.73 Å². The molecule has 2 aliphatic rings. The maximum absolute atomic E-state index is 12.2. The van der Waals surface area contributed by atoms with E-state index in [9.17, 15) is 9.59 Å². The summed E-state index contributed by atoms with van der Waals surface area (Å²) in [5, 5.41) is 8.67. The summed E-state index contributed by atoms with van der Waals surface area (Å²) >= 11 is 0. The molecule has 0 spiro atoms. The summed E-state index contributed by atoms with van der Waals surface area (Å²) in [7, 11) is 0. The van der Waals surface area contributed by atoms with Gasteiger partial charge >= 0.3 is 5.97 Å². The smallest absolute Gasteiger partial charge is 0.303 e. The standard InChI is InChI=1S/C14H22N2O3/c15-12-3-2-11(9-12)14(19)16-7-5-10(6-8-16)1-4-13(17)18/h2-3,10-12H,1,4-9,15H2,(H,17,18). The molecule has 0 radical (unpaired) electrons. The van der Waals surface area contributed by atoms with Gasteiger partial charge in [0.15, 0.2) is 0 Å². The molecule has 1 heterocycles. The Morgan fingerprint density at radius 3 is 2.47 bits per heavy atom. The van der Waals surface area contributed by atoms with E-state index in [2.05, 4.69) is 0 Å². The average Bonchev–Trinajstić information content (AvgIpc) is 2.83. The molecular weight excluding hydrogens is 244 g/mol. The van der Waals surface area contributed by atoms with Crippen LogP contribution in [0.2, 0.25) is 0 Å². The molecular formula is C14H22N2O3. The van der Waals surface area contributed by atoms with E-state index in [0.717, 1.165) is 38.8 Å². The van der Waals surface area contributed by atoms with Crippen LogP contribution in [0.5, 0.6) is 0 Å². The zero-order valence-corrected chi connectivity index (χ0v) is 11.1. The van der Waals surface area contributed by atoms with Crippen LogP contribution in [0.1, 0.15) is 32.1 Å². The molecule has 1 saturated heterocycles. The molecule has 0 aromatic heterocycles. The van der Waals surface area contributed by atoms with Gasteiger partial charge < -0.3 is 15.7 Å². The number of amides is 1. The monoisotopic (exact) mass is 266 g/mol. The minimum Gasteiger partial charge on any atom is -0.481 e. The Labute approximate surface area is 113 Å². The van der Waals surface area contributed by atoms with Crippen LogP contribution in [0, 0.1) is 11.8 Å². The van der Waals surface area contributed by atoms with Gasteiger partial charge in [0.1, 0.15) is 0 Å². The summed E-state index contributed by atoms with van der Waals surface area (Å²) in [5.41, 5.74) is 5.77. The highest BCUT2D eigenvalue weighted by molar-refractivity contribution is 5.81. The Morgan fingerprint density at radius 2 is 1.95 bits per heavy atom. The van der Waals surface area contributed by atoms with E-state index in [-0.39, 0.29) is 24.3 Å². The van der Waals surface area contributed by atoms with Crippen molar-refractivity contribution in [3.8, 4) is 0 Å². The van der Waals surface area contributed by atoms with Gasteiger partial charge in [0.05, 0.1) is 5.92 Å². The normalized spacial score (nSPS) is 27.7. The molecule has 0 bridgehead atoms. The van der Waals surface area contributed by atoms with E-state index < -0.39 is 5.97 Å². The molecule has 2 unspecified atom stereocenters. The average molecular weight is 266 g/mol. The second-order valence-electron chi connectivity index (χ2n) is 5.59. The lowest BCUT2D eigenvalue weighted by Gasteiger charge is -2.33. The summed E-state index contributed by atoms with van der Waals surface area (Å²) < 4.78 is 0. The van der Waals surface area contributed by atoms with Crippen molar-refractivity contribution in [3.05, 3.63) is 12.2 Å². The highest BCUT2D eigenvalue weighted by atomic mass is 16.4. The third kappa shape index (κ3) is 3.80. The number of aliphatic carboxylic acids is 1. The van der Waals surface area contributed by atoms with E-state index in [0.29, 0.717) is 5.92 Å². The number of hydrogen-bond acceptors (Lipinski definition) is 3. The predicted octanol–water partition coefficient (Wildman–Crippen LogP) is 0.993. The molecule has 2 atom stereocenters. The molecule has 1 aliphatic carbocycles. The van der Waals surface area contributed by atoms with E-state index in [1.807, 2.05) is 17.1 Å². The van der Waals surface area contributed by atoms with E-state index >= 15 is 0 Å². The third-order valence-corrected chi connectivity index (χ3v) is 4.13. The Balaban J connectivity index is 1.75. The van der Waals surface area contributed by atoms with Crippen LogP contribution in [-0.2, 0) is 9.59 Å². The molecule has 5 heteroatoms. The van der Waals surface area contributed by atoms with Crippen molar-refractivity contribution in [2.24, 2.45) is 17.6 Å². The van der Waals surface area contributed by atoms with Gasteiger partial charge in [-0.1, -0.05) is 12.2 Å². The van der Waals surface area contributed by atoms with Crippen LogP contribution in [-0.4, -0.2) is 41.0 Å². The van der Waals surface area contributed by atoms with Crippen molar-refractivity contribution >= 4 is 11.9 Å². The number of carboxylic acid groups (broad SMARTS) is 1. The Hall–Kier alpha value is -1.36. The van der Waals surface area contributed by atoms with Crippen molar-refractivity contribution in [3.63, 3.8) is 0 Å². The summed E-state index contributed by atoms with van der Waals surface area (Å²) in [6.07, 6.45) is 7.34. The molecule has 106 valence electrons. The minimum atomic E-state index is -0.733. The summed E-state index contributed by atoms with van der Waals surface area (Å²) in [5.74, 6) is -0.156. The second kappa shape index (κ2) is 6.19. The number of likely N-dealkylation sites (tertiary alicyclic amines) is 1. The second-order valence-corrected chi connectivity index (χ2v) is 5.59. The molecule has 1 amide bonds. The molecule has 3 N–H and O–H groups in total. The van der Waals surface area contributed by atoms with E-state index in [1.54, 1.807) is 0 Å². The van der Waals surface area contributed by atoms with Crippen LogP contribution in [0.15, 0.2) is 12.2 Å². The van der Waals surface area contributed by atoms with Crippen molar-refractivity contribution in [1.29, 1.82) is 0 Å². The summed E-state index contributed by atoms with van der Waals surface area (Å²) in [6, 6.07) is 0.0158. The molecule has 19 heavy (non-hydrogen) atoms. The minimum absolute atomic E-state index is 0.0158. The van der Waals surface area contributed by atoms with E-state index in [1.165, 1.54) is 0 Å². The van der Waals surface area contributed by atoms with Crippen LogP contribution in [0.4, 0.5) is 0 Å². The number of nitrogens with zero attached hydrogens (tertiary/aromatic N) is 1. The first-order valence-corrected chi connectivity index (χ1v) is 7.00. The fourth-order valence-corrected chi connectivity index (χ4v) is 2.91. The Kier molecular flexibility index (Phi) is 4.58. The molecule has 0 aromatic rings. The fraction of sp³-hybridized carbons (Fsp3) is 0.714. The zero-order valence-electron chi connectivity index (χ0n) is 11.1. The number of carbonyl (C=O) groups excluding carboxylic acids is 1. The third-order valence-electron chi connectivity index (χ3n) is 4.13. The maximum atomic E-state index is 12.2. The quantitative estimate of drug-likeness (QED) is 0.743. The Morgan fingerprint density at radius 1 is 1.26 bits per heavy atom. The van der Waals surface area contributed by atoms with Gasteiger partial charge in [0.25, 0.3) is 0 Å². The van der Waals surface area contributed by atoms with Crippen molar-refractivity contribution < 1.29 is 14.7 Å². The van der Waals surface area contributed by atoms with Gasteiger partial charge in [-0.25, -0.2) is 0 Å². The van der Waals surface area contributed by atoms with Gasteiger partial charge in [-0.05, 0) is 31.6 Å². The van der Waals surface area contributed by atoms with Crippen LogP contribution >= 0.6 is 0 Å². The van der Waals surface area contributed by atoms with E-state index in [4.69, 9.17) is 10.8 Å². The number of carboxylic acids is 1. The molecule has 5 nitrogen and oxygen atoms in total. The molecule has 0 aromatic carbocycles. The number of carbonyl (C=O) groups is 2. The lowest BCUT2D eigenvalue weighted by molar-refractivity contribution is -0.138. The van der Waals surface area contributed by atoms with Gasteiger partial charge in [-0.15, -0.1) is 0 Å². The largest absolute Gasteiger partial charge is 0.481 e. The molecule has 2 rings (SSSR count). The zero-order chi connectivity index (χ0) is 13.8. The summed E-state index contributed by atoms with van der Waals surface area (Å²) in [6.45, 7) is 1.51. The number of piperidine rings is 1. The molecule has 0 saturated carbocycles. The highest BCUT2D eigenvalue weighted by Crippen LogP contribution is 2.25. The van der Waals surface area contributed by atoms with Gasteiger partial charge in [0, 0.05) is 25.6 Å². The first kappa shape index (κ1) is 14.1. The number of nitrogens with two attached hydrogens (primary N) is 1. The van der Waals surface area contributed by atoms with Crippen LogP contribution in [0.25, 0.3) is 0 Å². The number of hydrogen-bond donors (Lipinski definition) is 2. The van der Waals surface area contributed by atoms with Gasteiger partial charge in [-0.2, -0.15) is 0 Å². The topological polar surface area (TPSA) is 83.6 Å². The lowest BCUT2D eigenvalue weighted by Crippen LogP contribution is -2.41. The lowest BCUT2D eigenvalue weighted by atomic mass is 9.91. The van der Waals surface area contributed by atoms with Crippen LogP contribution in [0.3, 0.4) is 0 Å². The highest BCUT2D eigenvalue weighted by Gasteiger charge is 2.29. The SMILES string of the molecule is NC1C=CC(C(=O)N2CCC(CCC(=O)O)CC2)C1. The maximum Gasteiger partial charge on any atom is 0.303 e.